The topological polar surface area (TPSA) is 58.8 Å². The third-order valence-electron chi connectivity index (χ3n) is 3.95. The van der Waals surface area contributed by atoms with Gasteiger partial charge in [0.15, 0.2) is 5.96 Å². The van der Waals surface area contributed by atoms with E-state index in [1.165, 1.54) is 12.8 Å². The first-order chi connectivity index (χ1) is 10.3. The maximum atomic E-state index is 5.60. The predicted octanol–water partition coefficient (Wildman–Crippen LogP) is 2.09. The van der Waals surface area contributed by atoms with Gasteiger partial charge >= 0.3 is 0 Å². The van der Waals surface area contributed by atoms with Crippen LogP contribution in [0.4, 0.5) is 0 Å². The maximum absolute atomic E-state index is 5.60. The smallest absolute Gasteiger partial charge is 0.191 e. The van der Waals surface area contributed by atoms with Gasteiger partial charge in [0.25, 0.3) is 0 Å². The molecule has 2 atom stereocenters. The Hall–Kier alpha value is -1.49. The first-order valence-electron chi connectivity index (χ1n) is 8.01. The molecular formula is C16H25N3O2. The second-order valence-corrected chi connectivity index (χ2v) is 6.03. The second kappa shape index (κ2) is 6.98. The Morgan fingerprint density at radius 3 is 2.86 bits per heavy atom. The molecule has 1 aromatic rings. The first kappa shape index (κ1) is 14.4. The molecule has 1 saturated carbocycles. The van der Waals surface area contributed by atoms with Gasteiger partial charge in [0.05, 0.1) is 12.4 Å². The molecule has 1 aromatic heterocycles. The van der Waals surface area contributed by atoms with Crippen molar-refractivity contribution in [2.24, 2.45) is 4.99 Å². The zero-order chi connectivity index (χ0) is 14.5. The average Bonchev–Trinajstić information content (AvgIpc) is 3.12. The molecule has 0 aromatic carbocycles. The standard InChI is InChI=1S/C16H25N3O2/c1-12-11-14(7-10-20-12)19-16(18-13-4-5-13)17-8-6-15-3-2-9-21-15/h2-3,9,12-14H,4-8,10-11H2,1H3,(H2,17,18,19). The molecule has 0 spiro atoms. The molecule has 116 valence electrons. The molecule has 0 amide bonds. The lowest BCUT2D eigenvalue weighted by Gasteiger charge is -2.29. The van der Waals surface area contributed by atoms with Gasteiger partial charge in [-0.3, -0.25) is 4.99 Å². The number of ether oxygens (including phenoxy) is 1. The van der Waals surface area contributed by atoms with Crippen LogP contribution in [0, 0.1) is 0 Å². The number of nitrogens with one attached hydrogen (secondary N) is 2. The molecule has 5 heteroatoms. The minimum Gasteiger partial charge on any atom is -0.469 e. The van der Waals surface area contributed by atoms with Crippen molar-refractivity contribution in [1.82, 2.24) is 10.6 Å². The van der Waals surface area contributed by atoms with Crippen molar-refractivity contribution in [3.63, 3.8) is 0 Å². The third kappa shape index (κ3) is 4.77. The van der Waals surface area contributed by atoms with Crippen molar-refractivity contribution >= 4 is 5.96 Å². The number of furan rings is 1. The van der Waals surface area contributed by atoms with Crippen molar-refractivity contribution in [3.8, 4) is 0 Å². The molecule has 1 aliphatic carbocycles. The van der Waals surface area contributed by atoms with E-state index in [1.807, 2.05) is 12.1 Å². The molecule has 2 N–H and O–H groups in total. The van der Waals surface area contributed by atoms with Gasteiger partial charge in [0.1, 0.15) is 5.76 Å². The summed E-state index contributed by atoms with van der Waals surface area (Å²) in [5.74, 6) is 1.94. The highest BCUT2D eigenvalue weighted by atomic mass is 16.5. The molecule has 1 aliphatic heterocycles. The van der Waals surface area contributed by atoms with E-state index >= 15 is 0 Å². The fourth-order valence-corrected chi connectivity index (χ4v) is 2.61. The molecule has 2 heterocycles. The second-order valence-electron chi connectivity index (χ2n) is 6.03. The summed E-state index contributed by atoms with van der Waals surface area (Å²) in [5.41, 5.74) is 0. The summed E-state index contributed by atoms with van der Waals surface area (Å²) >= 11 is 0. The van der Waals surface area contributed by atoms with E-state index in [2.05, 4.69) is 17.6 Å². The van der Waals surface area contributed by atoms with E-state index < -0.39 is 0 Å². The van der Waals surface area contributed by atoms with Crippen molar-refractivity contribution in [2.45, 2.75) is 57.2 Å². The van der Waals surface area contributed by atoms with Crippen LogP contribution >= 0.6 is 0 Å². The number of aliphatic imine (C=N–C) groups is 1. The molecule has 3 rings (SSSR count). The molecule has 2 unspecified atom stereocenters. The lowest BCUT2D eigenvalue weighted by atomic mass is 10.0. The minimum atomic E-state index is 0.335. The van der Waals surface area contributed by atoms with Crippen molar-refractivity contribution in [1.29, 1.82) is 0 Å². The monoisotopic (exact) mass is 291 g/mol. The van der Waals surface area contributed by atoms with Crippen LogP contribution < -0.4 is 10.6 Å². The molecule has 0 radical (unpaired) electrons. The summed E-state index contributed by atoms with van der Waals surface area (Å²) in [6.45, 7) is 3.71. The molecule has 1 saturated heterocycles. The fraction of sp³-hybridized carbons (Fsp3) is 0.688. The predicted molar refractivity (Wildman–Crippen MR) is 82.4 cm³/mol. The Kier molecular flexibility index (Phi) is 4.80. The van der Waals surface area contributed by atoms with Crippen molar-refractivity contribution < 1.29 is 9.15 Å². The largest absolute Gasteiger partial charge is 0.469 e. The van der Waals surface area contributed by atoms with Gasteiger partial charge in [0, 0.05) is 31.7 Å². The van der Waals surface area contributed by atoms with E-state index in [1.54, 1.807) is 6.26 Å². The van der Waals surface area contributed by atoms with E-state index in [4.69, 9.17) is 14.1 Å². The van der Waals surface area contributed by atoms with Gasteiger partial charge in [0.2, 0.25) is 0 Å². The maximum Gasteiger partial charge on any atom is 0.191 e. The molecular weight excluding hydrogens is 266 g/mol. The van der Waals surface area contributed by atoms with Gasteiger partial charge in [-0.1, -0.05) is 0 Å². The van der Waals surface area contributed by atoms with E-state index in [9.17, 15) is 0 Å². The lowest BCUT2D eigenvalue weighted by molar-refractivity contribution is 0.0165. The highest BCUT2D eigenvalue weighted by Crippen LogP contribution is 2.19. The summed E-state index contributed by atoms with van der Waals surface area (Å²) < 4.78 is 10.9. The van der Waals surface area contributed by atoms with Crippen LogP contribution in [-0.2, 0) is 11.2 Å². The van der Waals surface area contributed by atoms with Crippen LogP contribution in [0.25, 0.3) is 0 Å². The summed E-state index contributed by atoms with van der Waals surface area (Å²) in [4.78, 5) is 4.69. The summed E-state index contributed by atoms with van der Waals surface area (Å²) in [5, 5.41) is 7.07. The molecule has 5 nitrogen and oxygen atoms in total. The highest BCUT2D eigenvalue weighted by molar-refractivity contribution is 5.80. The molecule has 2 fully saturated rings. The van der Waals surface area contributed by atoms with Crippen molar-refractivity contribution in [3.05, 3.63) is 24.2 Å². The zero-order valence-corrected chi connectivity index (χ0v) is 12.7. The quantitative estimate of drug-likeness (QED) is 0.644. The van der Waals surface area contributed by atoms with Crippen molar-refractivity contribution in [2.75, 3.05) is 13.2 Å². The van der Waals surface area contributed by atoms with Crippen LogP contribution in [0.2, 0.25) is 0 Å². The summed E-state index contributed by atoms with van der Waals surface area (Å²) in [7, 11) is 0. The Labute approximate surface area is 126 Å². The average molecular weight is 291 g/mol. The summed E-state index contributed by atoms with van der Waals surface area (Å²) in [6.07, 6.45) is 7.49. The number of guanidine groups is 1. The van der Waals surface area contributed by atoms with Crippen LogP contribution in [0.1, 0.15) is 38.4 Å². The molecule has 2 aliphatic rings. The minimum absolute atomic E-state index is 0.335. The number of hydrogen-bond donors (Lipinski definition) is 2. The third-order valence-corrected chi connectivity index (χ3v) is 3.95. The normalized spacial score (nSPS) is 26.6. The van der Waals surface area contributed by atoms with Gasteiger partial charge in [-0.25, -0.2) is 0 Å². The number of hydrogen-bond acceptors (Lipinski definition) is 3. The SMILES string of the molecule is CC1CC(NC(=NCCc2ccco2)NC2CC2)CCO1. The molecule has 0 bridgehead atoms. The van der Waals surface area contributed by atoms with Crippen LogP contribution in [-0.4, -0.2) is 37.3 Å². The van der Waals surface area contributed by atoms with Crippen LogP contribution in [0.5, 0.6) is 0 Å². The Balaban J connectivity index is 1.51. The van der Waals surface area contributed by atoms with Crippen LogP contribution in [0.15, 0.2) is 27.8 Å². The van der Waals surface area contributed by atoms with E-state index in [0.717, 1.165) is 44.1 Å². The Bertz CT molecular complexity index is 454. The Morgan fingerprint density at radius 1 is 1.29 bits per heavy atom. The first-order valence-corrected chi connectivity index (χ1v) is 8.01. The number of nitrogens with zero attached hydrogens (tertiary/aromatic N) is 1. The van der Waals surface area contributed by atoms with Crippen LogP contribution in [0.3, 0.4) is 0 Å². The van der Waals surface area contributed by atoms with E-state index in [0.29, 0.717) is 18.2 Å². The van der Waals surface area contributed by atoms with Gasteiger partial charge in [-0.2, -0.15) is 0 Å². The van der Waals surface area contributed by atoms with E-state index in [-0.39, 0.29) is 0 Å². The lowest BCUT2D eigenvalue weighted by Crippen LogP contribution is -2.47. The fourth-order valence-electron chi connectivity index (χ4n) is 2.61. The molecule has 21 heavy (non-hydrogen) atoms. The number of rotatable bonds is 5. The summed E-state index contributed by atoms with van der Waals surface area (Å²) in [6, 6.07) is 4.99. The zero-order valence-electron chi connectivity index (χ0n) is 12.7. The van der Waals surface area contributed by atoms with Gasteiger partial charge in [-0.15, -0.1) is 0 Å². The highest BCUT2D eigenvalue weighted by Gasteiger charge is 2.25. The van der Waals surface area contributed by atoms with Gasteiger partial charge < -0.3 is 19.8 Å². The van der Waals surface area contributed by atoms with Gasteiger partial charge in [-0.05, 0) is 44.7 Å². The Morgan fingerprint density at radius 2 is 2.14 bits per heavy atom.